The van der Waals surface area contributed by atoms with E-state index in [1.807, 2.05) is 0 Å². The monoisotopic (exact) mass is 374 g/mol. The zero-order chi connectivity index (χ0) is 15.1. The van der Waals surface area contributed by atoms with Crippen molar-refractivity contribution in [1.29, 1.82) is 0 Å². The van der Waals surface area contributed by atoms with Crippen LogP contribution in [0.4, 0.5) is 0 Å². The second kappa shape index (κ2) is 22.6. The van der Waals surface area contributed by atoms with Crippen LogP contribution in [0, 0.1) is 0 Å². The molecule has 0 spiro atoms. The van der Waals surface area contributed by atoms with E-state index < -0.39 is 16.4 Å². The molecule has 0 saturated carbocycles. The van der Waals surface area contributed by atoms with Gasteiger partial charge in [0.15, 0.2) is 0 Å². The molecule has 0 aromatic heterocycles. The molecule has 0 bridgehead atoms. The van der Waals surface area contributed by atoms with Gasteiger partial charge in [-0.05, 0) is 6.42 Å². The minimum Gasteiger partial charge on any atom is -0.759 e. The molecule has 0 heterocycles. The summed E-state index contributed by atoms with van der Waals surface area (Å²) in [5.41, 5.74) is 0. The van der Waals surface area contributed by atoms with E-state index in [0.29, 0.717) is 6.42 Å². The smallest absolute Gasteiger partial charge is 0.759 e. The summed E-state index contributed by atoms with van der Waals surface area (Å²) in [5, 5.41) is 8.41. The number of hydrogen-bond donors (Lipinski definition) is 1. The van der Waals surface area contributed by atoms with Crippen LogP contribution in [0.1, 0.15) is 71.1 Å². The number of carboxylic acid groups (broad SMARTS) is 1. The van der Waals surface area contributed by atoms with Crippen molar-refractivity contribution in [3.05, 3.63) is 0 Å². The predicted molar refractivity (Wildman–Crippen MR) is 70.0 cm³/mol. The van der Waals surface area contributed by atoms with Crippen molar-refractivity contribution < 1.29 is 130 Å². The summed E-state index contributed by atoms with van der Waals surface area (Å²) in [6.07, 6.45) is 11.5. The van der Waals surface area contributed by atoms with Gasteiger partial charge in [0, 0.05) is 16.8 Å². The van der Waals surface area contributed by atoms with Crippen LogP contribution in [0.3, 0.4) is 0 Å². The quantitative estimate of drug-likeness (QED) is 0.185. The Hall–Kier alpha value is 2.61. The Bertz CT molecular complexity index is 301. The minimum atomic E-state index is -5.17. The van der Waals surface area contributed by atoms with E-state index in [-0.39, 0.29) is 103 Å². The molecule has 0 saturated heterocycles. The van der Waals surface area contributed by atoms with Gasteiger partial charge in [0.25, 0.3) is 0 Å². The van der Waals surface area contributed by atoms with E-state index in [4.69, 9.17) is 22.6 Å². The van der Waals surface area contributed by atoms with Crippen LogP contribution in [0.5, 0.6) is 0 Å². The van der Waals surface area contributed by atoms with Crippen molar-refractivity contribution in [2.75, 3.05) is 0 Å². The largest absolute Gasteiger partial charge is 1.00 e. The van der Waals surface area contributed by atoms with E-state index in [1.165, 1.54) is 44.9 Å². The number of rotatable bonds is 10. The molecule has 0 unspecified atom stereocenters. The molecular formula is C12H24K2O6S. The van der Waals surface area contributed by atoms with Gasteiger partial charge in [-0.15, -0.1) is 0 Å². The Balaban J connectivity index is -0.000000179. The first kappa shape index (κ1) is 31.4. The van der Waals surface area contributed by atoms with Gasteiger partial charge in [0.1, 0.15) is 0 Å². The average Bonchev–Trinajstić information content (AvgIpc) is 2.24. The van der Waals surface area contributed by atoms with Gasteiger partial charge < -0.3 is 14.2 Å². The first-order valence-electron chi connectivity index (χ1n) is 6.66. The molecule has 116 valence electrons. The Morgan fingerprint density at radius 3 is 1.43 bits per heavy atom. The maximum Gasteiger partial charge on any atom is 1.00 e. The third-order valence-corrected chi connectivity index (χ3v) is 2.49. The van der Waals surface area contributed by atoms with Crippen LogP contribution in [-0.4, -0.2) is 28.6 Å². The van der Waals surface area contributed by atoms with Crippen molar-refractivity contribution >= 4 is 16.4 Å². The van der Waals surface area contributed by atoms with Gasteiger partial charge in [0.2, 0.25) is 0 Å². The molecule has 0 atom stereocenters. The van der Waals surface area contributed by atoms with E-state index >= 15 is 0 Å². The SMILES string of the molecule is CCCCCCCCCCCC(=O)O.O=S(=O)([O-])[O-].[K+].[K+]. The number of unbranched alkanes of at least 4 members (excludes halogenated alkanes) is 8. The van der Waals surface area contributed by atoms with Crippen LogP contribution >= 0.6 is 0 Å². The van der Waals surface area contributed by atoms with Crippen molar-refractivity contribution in [1.82, 2.24) is 0 Å². The maximum atomic E-state index is 10.2. The van der Waals surface area contributed by atoms with Crippen LogP contribution in [-0.2, 0) is 15.2 Å². The Labute approximate surface area is 213 Å². The molecule has 0 aliphatic rings. The molecule has 0 rings (SSSR count). The molecule has 9 heteroatoms. The fraction of sp³-hybridized carbons (Fsp3) is 0.917. The van der Waals surface area contributed by atoms with Gasteiger partial charge in [-0.2, -0.15) is 0 Å². The van der Waals surface area contributed by atoms with Gasteiger partial charge in [0.05, 0.1) is 0 Å². The minimum absolute atomic E-state index is 0. The molecule has 0 fully saturated rings. The fourth-order valence-corrected chi connectivity index (χ4v) is 1.59. The summed E-state index contributed by atoms with van der Waals surface area (Å²) in [5.74, 6) is -0.659. The second-order valence-corrected chi connectivity index (χ2v) is 5.20. The predicted octanol–water partition coefficient (Wildman–Crippen LogP) is -3.34. The summed E-state index contributed by atoms with van der Waals surface area (Å²) >= 11 is 0. The Kier molecular flexibility index (Phi) is 33.8. The summed E-state index contributed by atoms with van der Waals surface area (Å²) in [6.45, 7) is 2.23. The average molecular weight is 375 g/mol. The molecular weight excluding hydrogens is 350 g/mol. The zero-order valence-corrected chi connectivity index (χ0v) is 20.5. The topological polar surface area (TPSA) is 118 Å². The second-order valence-electron chi connectivity index (χ2n) is 4.38. The molecule has 0 aliphatic carbocycles. The molecule has 0 aliphatic heterocycles. The summed E-state index contributed by atoms with van der Waals surface area (Å²) < 4.78 is 34.1. The van der Waals surface area contributed by atoms with Gasteiger partial charge in [-0.3, -0.25) is 13.2 Å². The van der Waals surface area contributed by atoms with Gasteiger partial charge >= 0.3 is 109 Å². The molecule has 0 radical (unpaired) electrons. The first-order valence-corrected chi connectivity index (χ1v) is 7.99. The summed E-state index contributed by atoms with van der Waals surface area (Å²) in [4.78, 5) is 10.2. The molecule has 0 amide bonds. The van der Waals surface area contributed by atoms with Gasteiger partial charge in [-0.25, -0.2) is 0 Å². The van der Waals surface area contributed by atoms with Gasteiger partial charge in [-0.1, -0.05) is 58.3 Å². The maximum absolute atomic E-state index is 10.2. The number of hydrogen-bond acceptors (Lipinski definition) is 5. The van der Waals surface area contributed by atoms with E-state index in [1.54, 1.807) is 0 Å². The van der Waals surface area contributed by atoms with Crippen molar-refractivity contribution in [2.45, 2.75) is 71.1 Å². The van der Waals surface area contributed by atoms with Crippen LogP contribution in [0.2, 0.25) is 0 Å². The summed E-state index contributed by atoms with van der Waals surface area (Å²) in [7, 11) is -5.17. The van der Waals surface area contributed by atoms with E-state index in [0.717, 1.165) is 12.8 Å². The number of aliphatic carboxylic acids is 1. The van der Waals surface area contributed by atoms with E-state index in [9.17, 15) is 4.79 Å². The standard InChI is InChI=1S/C12H24O2.2K.H2O4S/c1-2-3-4-5-6-7-8-9-10-11-12(13)14;;;1-5(2,3)4/h2-11H2,1H3,(H,13,14);;;(H2,1,2,3,4)/q;2*+1;/p-2. The van der Waals surface area contributed by atoms with Crippen LogP contribution in [0.15, 0.2) is 0 Å². The van der Waals surface area contributed by atoms with Crippen LogP contribution in [0.25, 0.3) is 0 Å². The Morgan fingerprint density at radius 2 is 1.14 bits per heavy atom. The van der Waals surface area contributed by atoms with Crippen molar-refractivity contribution in [3.8, 4) is 0 Å². The third kappa shape index (κ3) is 51.8. The van der Waals surface area contributed by atoms with Crippen LogP contribution < -0.4 is 103 Å². The molecule has 6 nitrogen and oxygen atoms in total. The summed E-state index contributed by atoms with van der Waals surface area (Å²) in [6, 6.07) is 0. The fourth-order valence-electron chi connectivity index (χ4n) is 1.59. The van der Waals surface area contributed by atoms with E-state index in [2.05, 4.69) is 6.92 Å². The van der Waals surface area contributed by atoms with Crippen molar-refractivity contribution in [2.24, 2.45) is 0 Å². The third-order valence-electron chi connectivity index (χ3n) is 2.49. The number of carbonyl (C=O) groups is 1. The molecule has 1 N–H and O–H groups in total. The molecule has 21 heavy (non-hydrogen) atoms. The normalized spacial score (nSPS) is 9.67. The van der Waals surface area contributed by atoms with Crippen molar-refractivity contribution in [3.63, 3.8) is 0 Å². The zero-order valence-electron chi connectivity index (χ0n) is 13.5. The Morgan fingerprint density at radius 1 is 0.857 bits per heavy atom. The molecule has 0 aromatic rings. The molecule has 0 aromatic carbocycles. The number of carboxylic acids is 1. The first-order chi connectivity index (χ1) is 8.77.